The van der Waals surface area contributed by atoms with E-state index in [4.69, 9.17) is 0 Å². The zero-order valence-corrected chi connectivity index (χ0v) is 13.3. The van der Waals surface area contributed by atoms with Crippen LogP contribution in [0.4, 0.5) is 0 Å². The number of nitrogens with one attached hydrogen (secondary N) is 1. The van der Waals surface area contributed by atoms with Gasteiger partial charge in [0.1, 0.15) is 0 Å². The fraction of sp³-hybridized carbons (Fsp3) is 0.588. The lowest BCUT2D eigenvalue weighted by Crippen LogP contribution is -2.42. The fourth-order valence-corrected chi connectivity index (χ4v) is 3.72. The van der Waals surface area contributed by atoms with Crippen molar-refractivity contribution in [1.29, 1.82) is 0 Å². The minimum Gasteiger partial charge on any atom is -0.355 e. The first-order valence-corrected chi connectivity index (χ1v) is 8.42. The van der Waals surface area contributed by atoms with Crippen molar-refractivity contribution in [2.45, 2.75) is 55.6 Å². The molecule has 1 fully saturated rings. The van der Waals surface area contributed by atoms with E-state index >= 15 is 0 Å². The van der Waals surface area contributed by atoms with E-state index in [0.29, 0.717) is 5.92 Å². The zero-order chi connectivity index (χ0) is 14.4. The maximum Gasteiger partial charge on any atom is 0.236 e. The minimum absolute atomic E-state index is 0.150. The number of benzene rings is 1. The SMILES string of the molecule is CC(C)(Sc1ccccc1)C(=O)NCC1CCCCC1. The largest absolute Gasteiger partial charge is 0.355 e. The van der Waals surface area contributed by atoms with Gasteiger partial charge >= 0.3 is 0 Å². The Bertz CT molecular complexity index is 424. The molecule has 1 N–H and O–H groups in total. The van der Waals surface area contributed by atoms with Gasteiger partial charge < -0.3 is 5.32 Å². The lowest BCUT2D eigenvalue weighted by molar-refractivity contribution is -0.122. The van der Waals surface area contributed by atoms with Crippen molar-refractivity contribution in [2.75, 3.05) is 6.54 Å². The van der Waals surface area contributed by atoms with Crippen LogP contribution in [0, 0.1) is 5.92 Å². The first kappa shape index (κ1) is 15.4. The van der Waals surface area contributed by atoms with Gasteiger partial charge in [0, 0.05) is 11.4 Å². The van der Waals surface area contributed by atoms with E-state index in [0.717, 1.165) is 11.4 Å². The first-order valence-electron chi connectivity index (χ1n) is 7.60. The smallest absolute Gasteiger partial charge is 0.236 e. The third-order valence-electron chi connectivity index (χ3n) is 3.94. The van der Waals surface area contributed by atoms with Crippen molar-refractivity contribution in [2.24, 2.45) is 5.92 Å². The molecule has 1 saturated carbocycles. The van der Waals surface area contributed by atoms with Gasteiger partial charge in [-0.2, -0.15) is 0 Å². The lowest BCUT2D eigenvalue weighted by atomic mass is 9.89. The second-order valence-corrected chi connectivity index (χ2v) is 7.84. The summed E-state index contributed by atoms with van der Waals surface area (Å²) in [6.45, 7) is 4.85. The Morgan fingerprint density at radius 1 is 1.20 bits per heavy atom. The molecule has 110 valence electrons. The van der Waals surface area contributed by atoms with Crippen molar-refractivity contribution in [3.8, 4) is 0 Å². The maximum atomic E-state index is 12.4. The number of hydrogen-bond acceptors (Lipinski definition) is 2. The Hall–Kier alpha value is -0.960. The molecule has 3 heteroatoms. The maximum absolute atomic E-state index is 12.4. The quantitative estimate of drug-likeness (QED) is 0.822. The molecule has 2 nitrogen and oxygen atoms in total. The number of rotatable bonds is 5. The Kier molecular flexibility index (Phi) is 5.53. The van der Waals surface area contributed by atoms with Gasteiger partial charge in [0.2, 0.25) is 5.91 Å². The summed E-state index contributed by atoms with van der Waals surface area (Å²) in [7, 11) is 0. The highest BCUT2D eigenvalue weighted by Crippen LogP contribution is 2.32. The monoisotopic (exact) mass is 291 g/mol. The summed E-state index contributed by atoms with van der Waals surface area (Å²) in [5.41, 5.74) is 0. The molecule has 1 aliphatic carbocycles. The molecule has 1 aromatic rings. The highest BCUT2D eigenvalue weighted by molar-refractivity contribution is 8.01. The molecule has 0 saturated heterocycles. The van der Waals surface area contributed by atoms with Crippen molar-refractivity contribution in [1.82, 2.24) is 5.32 Å². The number of amides is 1. The van der Waals surface area contributed by atoms with Crippen LogP contribution >= 0.6 is 11.8 Å². The van der Waals surface area contributed by atoms with E-state index in [9.17, 15) is 4.79 Å². The van der Waals surface area contributed by atoms with Crippen molar-refractivity contribution < 1.29 is 4.79 Å². The molecule has 20 heavy (non-hydrogen) atoms. The van der Waals surface area contributed by atoms with Crippen LogP contribution in [0.15, 0.2) is 35.2 Å². The minimum atomic E-state index is -0.421. The molecule has 0 aromatic heterocycles. The fourth-order valence-electron chi connectivity index (χ4n) is 2.67. The van der Waals surface area contributed by atoms with E-state index < -0.39 is 4.75 Å². The second kappa shape index (κ2) is 7.16. The van der Waals surface area contributed by atoms with Gasteiger partial charge in [-0.15, -0.1) is 11.8 Å². The summed E-state index contributed by atoms with van der Waals surface area (Å²) in [6, 6.07) is 10.1. The van der Waals surface area contributed by atoms with Gasteiger partial charge in [0.05, 0.1) is 4.75 Å². The normalized spacial score (nSPS) is 16.9. The Labute approximate surface area is 126 Å². The van der Waals surface area contributed by atoms with Gasteiger partial charge in [0.25, 0.3) is 0 Å². The molecule has 0 unspecified atom stereocenters. The summed E-state index contributed by atoms with van der Waals surface area (Å²) in [5.74, 6) is 0.835. The standard InChI is InChI=1S/C17H25NOS/c1-17(2,20-15-11-7-4-8-12-15)16(19)18-13-14-9-5-3-6-10-14/h4,7-8,11-12,14H,3,5-6,9-10,13H2,1-2H3,(H,18,19). The third-order valence-corrected chi connectivity index (χ3v) is 5.14. The molecule has 1 aliphatic rings. The Morgan fingerprint density at radius 2 is 1.85 bits per heavy atom. The molecule has 0 aliphatic heterocycles. The van der Waals surface area contributed by atoms with Gasteiger partial charge in [-0.3, -0.25) is 4.79 Å². The first-order chi connectivity index (χ1) is 9.58. The third kappa shape index (κ3) is 4.55. The molecule has 0 radical (unpaired) electrons. The van der Waals surface area contributed by atoms with Crippen LogP contribution in [0.5, 0.6) is 0 Å². The van der Waals surface area contributed by atoms with Crippen molar-refractivity contribution in [3.05, 3.63) is 30.3 Å². The van der Waals surface area contributed by atoms with Crippen molar-refractivity contribution in [3.63, 3.8) is 0 Å². The summed E-state index contributed by atoms with van der Waals surface area (Å²) >= 11 is 1.63. The van der Waals surface area contributed by atoms with E-state index in [1.165, 1.54) is 32.1 Å². The van der Waals surface area contributed by atoms with Crippen LogP contribution in [0.25, 0.3) is 0 Å². The van der Waals surface area contributed by atoms with Gasteiger partial charge in [0.15, 0.2) is 0 Å². The predicted octanol–water partition coefficient (Wildman–Crippen LogP) is 4.25. The highest BCUT2D eigenvalue weighted by Gasteiger charge is 2.29. The summed E-state index contributed by atoms with van der Waals surface area (Å²) < 4.78 is -0.421. The zero-order valence-electron chi connectivity index (χ0n) is 12.5. The molecule has 1 amide bonds. The summed E-state index contributed by atoms with van der Waals surface area (Å²) in [6.07, 6.45) is 6.55. The Balaban J connectivity index is 1.83. The van der Waals surface area contributed by atoms with Gasteiger partial charge in [-0.25, -0.2) is 0 Å². The molecular formula is C17H25NOS. The second-order valence-electron chi connectivity index (χ2n) is 6.14. The molecule has 0 atom stereocenters. The molecule has 0 bridgehead atoms. The van der Waals surface area contributed by atoms with E-state index in [-0.39, 0.29) is 5.91 Å². The van der Waals surface area contributed by atoms with Gasteiger partial charge in [-0.05, 0) is 44.7 Å². The average molecular weight is 291 g/mol. The van der Waals surface area contributed by atoms with Crippen molar-refractivity contribution >= 4 is 17.7 Å². The molecule has 1 aromatic carbocycles. The van der Waals surface area contributed by atoms with Crippen LogP contribution in [-0.2, 0) is 4.79 Å². The number of carbonyl (C=O) groups excluding carboxylic acids is 1. The van der Waals surface area contributed by atoms with E-state index in [2.05, 4.69) is 17.4 Å². The number of hydrogen-bond donors (Lipinski definition) is 1. The summed E-state index contributed by atoms with van der Waals surface area (Å²) in [4.78, 5) is 13.5. The Morgan fingerprint density at radius 3 is 2.50 bits per heavy atom. The van der Waals surface area contributed by atoms with E-state index in [1.54, 1.807) is 11.8 Å². The average Bonchev–Trinajstić information content (AvgIpc) is 2.46. The summed E-state index contributed by atoms with van der Waals surface area (Å²) in [5, 5.41) is 3.15. The molecule has 2 rings (SSSR count). The van der Waals surface area contributed by atoms with Crippen LogP contribution in [-0.4, -0.2) is 17.2 Å². The number of thioether (sulfide) groups is 1. The lowest BCUT2D eigenvalue weighted by Gasteiger charge is -2.26. The predicted molar refractivity (Wildman–Crippen MR) is 86.0 cm³/mol. The van der Waals surface area contributed by atoms with Crippen LogP contribution in [0.1, 0.15) is 46.0 Å². The molecular weight excluding hydrogens is 266 g/mol. The molecule has 0 heterocycles. The topological polar surface area (TPSA) is 29.1 Å². The highest BCUT2D eigenvalue weighted by atomic mass is 32.2. The number of carbonyl (C=O) groups is 1. The van der Waals surface area contributed by atoms with Crippen LogP contribution in [0.2, 0.25) is 0 Å². The van der Waals surface area contributed by atoms with Crippen LogP contribution in [0.3, 0.4) is 0 Å². The molecule has 0 spiro atoms. The van der Waals surface area contributed by atoms with Gasteiger partial charge in [-0.1, -0.05) is 37.5 Å². The van der Waals surface area contributed by atoms with E-state index in [1.807, 2.05) is 32.0 Å². The van der Waals surface area contributed by atoms with Crippen LogP contribution < -0.4 is 5.32 Å².